The van der Waals surface area contributed by atoms with Gasteiger partial charge < -0.3 is 4.74 Å². The minimum absolute atomic E-state index is 0.659. The Morgan fingerprint density at radius 2 is 1.92 bits per heavy atom. The van der Waals surface area contributed by atoms with Crippen molar-refractivity contribution >= 4 is 12.4 Å². The zero-order valence-corrected chi connectivity index (χ0v) is 8.58. The lowest BCUT2D eigenvalue weighted by Crippen LogP contribution is -1.90. The Labute approximate surface area is 80.3 Å². The van der Waals surface area contributed by atoms with Gasteiger partial charge in [-0.1, -0.05) is 26.0 Å². The van der Waals surface area contributed by atoms with E-state index in [4.69, 9.17) is 4.74 Å². The molecule has 0 unspecified atom stereocenters. The molecule has 0 heterocycles. The highest BCUT2D eigenvalue weighted by atomic mass is 16.5. The molecular weight excluding hydrogens is 162 g/mol. The van der Waals surface area contributed by atoms with E-state index in [1.807, 2.05) is 45.0 Å². The van der Waals surface area contributed by atoms with E-state index in [-0.39, 0.29) is 0 Å². The highest BCUT2D eigenvalue weighted by Gasteiger charge is 1.96. The van der Waals surface area contributed by atoms with Gasteiger partial charge in [-0.3, -0.25) is 4.99 Å². The summed E-state index contributed by atoms with van der Waals surface area (Å²) in [6.45, 7) is 10.0. The molecule has 0 atom stereocenters. The van der Waals surface area contributed by atoms with Crippen molar-refractivity contribution in [2.45, 2.75) is 20.8 Å². The fourth-order valence-electron chi connectivity index (χ4n) is 0.865. The number of rotatable bonds is 3. The van der Waals surface area contributed by atoms with Crippen LogP contribution in [0, 0.1) is 0 Å². The Kier molecular flexibility index (Phi) is 6.60. The molecule has 13 heavy (non-hydrogen) atoms. The number of benzene rings is 1. The monoisotopic (exact) mass is 179 g/mol. The molecule has 2 heteroatoms. The Balaban J connectivity index is 0.000000671. The molecule has 1 rings (SSSR count). The fourth-order valence-corrected chi connectivity index (χ4v) is 0.865. The van der Waals surface area contributed by atoms with Crippen LogP contribution in [0.4, 0.5) is 5.69 Å². The predicted molar refractivity (Wildman–Crippen MR) is 58.2 cm³/mol. The van der Waals surface area contributed by atoms with Gasteiger partial charge in [0.05, 0.1) is 6.61 Å². The summed E-state index contributed by atoms with van der Waals surface area (Å²) in [5, 5.41) is 0. The van der Waals surface area contributed by atoms with Gasteiger partial charge >= 0.3 is 0 Å². The van der Waals surface area contributed by atoms with Gasteiger partial charge in [0.25, 0.3) is 0 Å². The van der Waals surface area contributed by atoms with Gasteiger partial charge in [0.15, 0.2) is 0 Å². The van der Waals surface area contributed by atoms with Crippen LogP contribution in [0.25, 0.3) is 0 Å². The summed E-state index contributed by atoms with van der Waals surface area (Å²) >= 11 is 0. The molecule has 1 aromatic carbocycles. The lowest BCUT2D eigenvalue weighted by atomic mass is 10.3. The average molecular weight is 179 g/mol. The minimum atomic E-state index is 0.659. The number of hydrogen-bond acceptors (Lipinski definition) is 2. The molecular formula is C11H17NO. The Morgan fingerprint density at radius 1 is 1.31 bits per heavy atom. The van der Waals surface area contributed by atoms with Gasteiger partial charge in [-0.2, -0.15) is 0 Å². The standard InChI is InChI=1S/C9H11NO.C2H6/c1-3-11-9-7-5-4-6-8(9)10-2;1-2/h4-7H,2-3H2,1H3;1-2H3. The van der Waals surface area contributed by atoms with E-state index in [2.05, 4.69) is 11.7 Å². The molecule has 0 N–H and O–H groups in total. The zero-order valence-electron chi connectivity index (χ0n) is 8.58. The van der Waals surface area contributed by atoms with Gasteiger partial charge in [-0.05, 0) is 25.8 Å². The molecule has 1 aromatic rings. The first-order chi connectivity index (χ1) is 6.38. The van der Waals surface area contributed by atoms with Crippen LogP contribution in [-0.2, 0) is 0 Å². The highest BCUT2D eigenvalue weighted by Crippen LogP contribution is 2.25. The third-order valence-corrected chi connectivity index (χ3v) is 1.34. The van der Waals surface area contributed by atoms with Crippen LogP contribution < -0.4 is 4.74 Å². The molecule has 0 aliphatic rings. The van der Waals surface area contributed by atoms with Crippen molar-refractivity contribution in [2.24, 2.45) is 4.99 Å². The topological polar surface area (TPSA) is 21.6 Å². The molecule has 2 nitrogen and oxygen atoms in total. The van der Waals surface area contributed by atoms with Crippen LogP contribution in [0.2, 0.25) is 0 Å². The summed E-state index contributed by atoms with van der Waals surface area (Å²) in [6.07, 6.45) is 0. The Morgan fingerprint density at radius 3 is 2.46 bits per heavy atom. The van der Waals surface area contributed by atoms with Crippen LogP contribution in [0.15, 0.2) is 29.3 Å². The van der Waals surface area contributed by atoms with Crippen molar-refractivity contribution in [2.75, 3.05) is 6.61 Å². The van der Waals surface area contributed by atoms with Crippen molar-refractivity contribution in [3.05, 3.63) is 24.3 Å². The molecule has 0 aliphatic carbocycles. The molecule has 0 fully saturated rings. The zero-order chi connectivity index (χ0) is 10.1. The summed E-state index contributed by atoms with van der Waals surface area (Å²) in [7, 11) is 0. The predicted octanol–water partition coefficient (Wildman–Crippen LogP) is 3.44. The molecule has 0 aromatic heterocycles. The van der Waals surface area contributed by atoms with Crippen molar-refractivity contribution in [1.82, 2.24) is 0 Å². The lowest BCUT2D eigenvalue weighted by Gasteiger charge is -2.04. The van der Waals surface area contributed by atoms with E-state index in [9.17, 15) is 0 Å². The smallest absolute Gasteiger partial charge is 0.144 e. The first kappa shape index (κ1) is 11.7. The van der Waals surface area contributed by atoms with Crippen molar-refractivity contribution in [3.8, 4) is 5.75 Å². The van der Waals surface area contributed by atoms with Crippen LogP contribution in [0.5, 0.6) is 5.75 Å². The molecule has 0 amide bonds. The molecule has 0 bridgehead atoms. The molecule has 0 radical (unpaired) electrons. The largest absolute Gasteiger partial charge is 0.492 e. The van der Waals surface area contributed by atoms with E-state index >= 15 is 0 Å². The summed E-state index contributed by atoms with van der Waals surface area (Å²) in [5.74, 6) is 0.796. The first-order valence-corrected chi connectivity index (χ1v) is 4.57. The lowest BCUT2D eigenvalue weighted by molar-refractivity contribution is 0.341. The average Bonchev–Trinajstić information content (AvgIpc) is 2.22. The second kappa shape index (κ2) is 7.35. The number of nitrogens with zero attached hydrogens (tertiary/aromatic N) is 1. The second-order valence-electron chi connectivity index (χ2n) is 2.06. The van der Waals surface area contributed by atoms with Crippen LogP contribution >= 0.6 is 0 Å². The van der Waals surface area contributed by atoms with Gasteiger partial charge in [0.1, 0.15) is 11.4 Å². The summed E-state index contributed by atoms with van der Waals surface area (Å²) in [4.78, 5) is 3.81. The van der Waals surface area contributed by atoms with Crippen LogP contribution in [0.3, 0.4) is 0 Å². The molecule has 0 saturated heterocycles. The maximum atomic E-state index is 5.29. The third-order valence-electron chi connectivity index (χ3n) is 1.34. The maximum Gasteiger partial charge on any atom is 0.144 e. The van der Waals surface area contributed by atoms with Gasteiger partial charge in [-0.15, -0.1) is 0 Å². The van der Waals surface area contributed by atoms with Crippen molar-refractivity contribution in [3.63, 3.8) is 0 Å². The van der Waals surface area contributed by atoms with E-state index in [1.165, 1.54) is 0 Å². The number of ether oxygens (including phenoxy) is 1. The van der Waals surface area contributed by atoms with E-state index in [0.29, 0.717) is 6.61 Å². The molecule has 0 aliphatic heterocycles. The third kappa shape index (κ3) is 3.74. The number of para-hydroxylation sites is 2. The van der Waals surface area contributed by atoms with Crippen molar-refractivity contribution in [1.29, 1.82) is 0 Å². The van der Waals surface area contributed by atoms with Crippen molar-refractivity contribution < 1.29 is 4.74 Å². The number of hydrogen-bond donors (Lipinski definition) is 0. The first-order valence-electron chi connectivity index (χ1n) is 4.57. The Hall–Kier alpha value is -1.31. The number of aliphatic imine (C=N–C) groups is 1. The van der Waals surface area contributed by atoms with E-state index in [1.54, 1.807) is 0 Å². The SMILES string of the molecule is C=Nc1ccccc1OCC.CC. The van der Waals surface area contributed by atoms with Gasteiger partial charge in [-0.25, -0.2) is 0 Å². The molecule has 0 saturated carbocycles. The Bertz CT molecular complexity index is 246. The maximum absolute atomic E-state index is 5.29. The van der Waals surface area contributed by atoms with E-state index < -0.39 is 0 Å². The quantitative estimate of drug-likeness (QED) is 0.651. The molecule has 0 spiro atoms. The highest BCUT2D eigenvalue weighted by molar-refractivity contribution is 5.55. The fraction of sp³-hybridized carbons (Fsp3) is 0.364. The van der Waals surface area contributed by atoms with Gasteiger partial charge in [0, 0.05) is 0 Å². The second-order valence-corrected chi connectivity index (χ2v) is 2.06. The minimum Gasteiger partial charge on any atom is -0.492 e. The van der Waals surface area contributed by atoms with E-state index in [0.717, 1.165) is 11.4 Å². The summed E-state index contributed by atoms with van der Waals surface area (Å²) < 4.78 is 5.29. The molecule has 72 valence electrons. The summed E-state index contributed by atoms with van der Waals surface area (Å²) in [6, 6.07) is 7.58. The summed E-state index contributed by atoms with van der Waals surface area (Å²) in [5.41, 5.74) is 0.800. The van der Waals surface area contributed by atoms with Crippen LogP contribution in [0.1, 0.15) is 20.8 Å². The van der Waals surface area contributed by atoms with Gasteiger partial charge in [0.2, 0.25) is 0 Å². The normalized spacial score (nSPS) is 8.23. The van der Waals surface area contributed by atoms with Crippen LogP contribution in [-0.4, -0.2) is 13.3 Å².